The lowest BCUT2D eigenvalue weighted by atomic mass is 10.1. The molecule has 1 rings (SSSR count). The van der Waals surface area contributed by atoms with Gasteiger partial charge in [-0.05, 0) is 12.8 Å². The van der Waals surface area contributed by atoms with E-state index in [1.165, 1.54) is 0 Å². The fourth-order valence-corrected chi connectivity index (χ4v) is 0.812. The maximum atomic E-state index is 10.6. The number of aliphatic hydroxyl groups excluding tert-OH is 1. The summed E-state index contributed by atoms with van der Waals surface area (Å²) in [6.07, 6.45) is 0.456. The Morgan fingerprint density at radius 1 is 1.67 bits per heavy atom. The first kappa shape index (κ1) is 6.51. The number of amides is 1. The lowest BCUT2D eigenvalue weighted by Crippen LogP contribution is -2.50. The maximum Gasteiger partial charge on any atom is 0.238 e. The zero-order valence-electron chi connectivity index (χ0n) is 5.00. The number of carbonyl (C=O) groups is 1. The van der Waals surface area contributed by atoms with Crippen molar-refractivity contribution in [3.63, 3.8) is 0 Å². The van der Waals surface area contributed by atoms with Crippen molar-refractivity contribution in [1.29, 1.82) is 0 Å². The third kappa shape index (κ3) is 1.40. The summed E-state index contributed by atoms with van der Waals surface area (Å²) in [7, 11) is 0. The van der Waals surface area contributed by atoms with Gasteiger partial charge < -0.3 is 16.2 Å². The van der Waals surface area contributed by atoms with Gasteiger partial charge in [-0.3, -0.25) is 4.79 Å². The van der Waals surface area contributed by atoms with Crippen LogP contribution in [-0.4, -0.2) is 23.3 Å². The predicted molar refractivity (Wildman–Crippen MR) is 31.4 cm³/mol. The van der Waals surface area contributed by atoms with E-state index in [0.717, 1.165) is 0 Å². The SMILES string of the molecule is N[C@H]1CC[C@@H](O)NC1=O. The fraction of sp³-hybridized carbons (Fsp3) is 0.800. The summed E-state index contributed by atoms with van der Waals surface area (Å²) in [5.74, 6) is -0.256. The third-order valence-electron chi connectivity index (χ3n) is 1.40. The van der Waals surface area contributed by atoms with E-state index in [-0.39, 0.29) is 5.91 Å². The van der Waals surface area contributed by atoms with E-state index >= 15 is 0 Å². The van der Waals surface area contributed by atoms with Crippen LogP contribution in [0.25, 0.3) is 0 Å². The predicted octanol–water partition coefficient (Wildman–Crippen LogP) is -1.46. The van der Waals surface area contributed by atoms with E-state index in [1.54, 1.807) is 0 Å². The molecule has 0 bridgehead atoms. The van der Waals surface area contributed by atoms with Crippen molar-refractivity contribution in [3.8, 4) is 0 Å². The molecule has 0 radical (unpaired) electrons. The van der Waals surface area contributed by atoms with Crippen LogP contribution in [0.15, 0.2) is 0 Å². The highest BCUT2D eigenvalue weighted by Crippen LogP contribution is 2.03. The van der Waals surface area contributed by atoms with E-state index in [2.05, 4.69) is 5.32 Å². The fourth-order valence-electron chi connectivity index (χ4n) is 0.812. The molecule has 0 aromatic rings. The molecule has 1 heterocycles. The number of hydrogen-bond donors (Lipinski definition) is 3. The minimum atomic E-state index is -0.683. The van der Waals surface area contributed by atoms with E-state index < -0.39 is 12.3 Å². The van der Waals surface area contributed by atoms with E-state index in [0.29, 0.717) is 12.8 Å². The Bertz CT molecular complexity index is 126. The van der Waals surface area contributed by atoms with Crippen LogP contribution in [0.4, 0.5) is 0 Å². The summed E-state index contributed by atoms with van der Waals surface area (Å²) in [5, 5.41) is 11.1. The number of rotatable bonds is 0. The molecule has 4 N–H and O–H groups in total. The van der Waals surface area contributed by atoms with Crippen molar-refractivity contribution in [3.05, 3.63) is 0 Å². The number of piperidine rings is 1. The van der Waals surface area contributed by atoms with Crippen LogP contribution in [0.1, 0.15) is 12.8 Å². The monoisotopic (exact) mass is 130 g/mol. The molecule has 9 heavy (non-hydrogen) atoms. The van der Waals surface area contributed by atoms with E-state index in [9.17, 15) is 4.79 Å². The molecule has 52 valence electrons. The van der Waals surface area contributed by atoms with Gasteiger partial charge in [0.2, 0.25) is 5.91 Å². The van der Waals surface area contributed by atoms with Gasteiger partial charge in [-0.25, -0.2) is 0 Å². The molecule has 0 aromatic heterocycles. The Balaban J connectivity index is 2.44. The van der Waals surface area contributed by atoms with Crippen molar-refractivity contribution in [2.75, 3.05) is 0 Å². The molecule has 1 fully saturated rings. The van der Waals surface area contributed by atoms with Crippen LogP contribution in [0.5, 0.6) is 0 Å². The summed E-state index contributed by atoms with van der Waals surface area (Å²) in [6.45, 7) is 0. The average molecular weight is 130 g/mol. The molecule has 0 unspecified atom stereocenters. The second kappa shape index (κ2) is 2.33. The third-order valence-corrected chi connectivity index (χ3v) is 1.40. The Morgan fingerprint density at radius 3 is 2.78 bits per heavy atom. The van der Waals surface area contributed by atoms with Crippen molar-refractivity contribution in [2.24, 2.45) is 5.73 Å². The summed E-state index contributed by atoms with van der Waals surface area (Å²) in [5.41, 5.74) is 5.32. The first-order chi connectivity index (χ1) is 4.20. The summed E-state index contributed by atoms with van der Waals surface area (Å²) >= 11 is 0. The van der Waals surface area contributed by atoms with Gasteiger partial charge in [-0.15, -0.1) is 0 Å². The number of nitrogens with one attached hydrogen (secondary N) is 1. The van der Waals surface area contributed by atoms with Gasteiger partial charge in [0.05, 0.1) is 6.04 Å². The van der Waals surface area contributed by atoms with Crippen molar-refractivity contribution >= 4 is 5.91 Å². The van der Waals surface area contributed by atoms with Crippen LogP contribution >= 0.6 is 0 Å². The molecule has 1 saturated heterocycles. The summed E-state index contributed by atoms with van der Waals surface area (Å²) in [6, 6.07) is -0.423. The lowest BCUT2D eigenvalue weighted by molar-refractivity contribution is -0.128. The van der Waals surface area contributed by atoms with E-state index in [4.69, 9.17) is 10.8 Å². The number of carbonyl (C=O) groups excluding carboxylic acids is 1. The zero-order chi connectivity index (χ0) is 6.85. The largest absolute Gasteiger partial charge is 0.374 e. The first-order valence-corrected chi connectivity index (χ1v) is 2.94. The molecule has 0 saturated carbocycles. The van der Waals surface area contributed by atoms with Crippen molar-refractivity contribution in [1.82, 2.24) is 5.32 Å². The Morgan fingerprint density at radius 2 is 2.33 bits per heavy atom. The Labute approximate surface area is 53.0 Å². The van der Waals surface area contributed by atoms with Crippen LogP contribution in [0.3, 0.4) is 0 Å². The molecular weight excluding hydrogens is 120 g/mol. The Kier molecular flexibility index (Phi) is 1.68. The standard InChI is InChI=1S/C5H10N2O2/c6-3-1-2-4(8)7-5(3)9/h3-4,8H,1-2,6H2,(H,7,9)/t3-,4+/m0/s1. The lowest BCUT2D eigenvalue weighted by Gasteiger charge is -2.22. The molecule has 1 aliphatic rings. The van der Waals surface area contributed by atoms with Crippen LogP contribution in [0, 0.1) is 0 Å². The number of aliphatic hydroxyl groups is 1. The molecule has 0 aromatic carbocycles. The van der Waals surface area contributed by atoms with Gasteiger partial charge in [0, 0.05) is 0 Å². The van der Waals surface area contributed by atoms with Crippen LogP contribution < -0.4 is 11.1 Å². The highest BCUT2D eigenvalue weighted by atomic mass is 16.3. The minimum absolute atomic E-state index is 0.256. The summed E-state index contributed by atoms with van der Waals surface area (Å²) < 4.78 is 0. The second-order valence-corrected chi connectivity index (χ2v) is 2.21. The highest BCUT2D eigenvalue weighted by molar-refractivity contribution is 5.82. The molecule has 1 aliphatic heterocycles. The average Bonchev–Trinajstić information content (AvgIpc) is 1.80. The molecular formula is C5H10N2O2. The molecule has 2 atom stereocenters. The quantitative estimate of drug-likeness (QED) is 0.375. The minimum Gasteiger partial charge on any atom is -0.374 e. The number of hydrogen-bond acceptors (Lipinski definition) is 3. The second-order valence-electron chi connectivity index (χ2n) is 2.21. The smallest absolute Gasteiger partial charge is 0.238 e. The molecule has 4 heteroatoms. The highest BCUT2D eigenvalue weighted by Gasteiger charge is 2.22. The first-order valence-electron chi connectivity index (χ1n) is 2.94. The molecule has 4 nitrogen and oxygen atoms in total. The van der Waals surface area contributed by atoms with Crippen LogP contribution in [-0.2, 0) is 4.79 Å². The molecule has 0 spiro atoms. The van der Waals surface area contributed by atoms with Gasteiger partial charge >= 0.3 is 0 Å². The van der Waals surface area contributed by atoms with E-state index in [1.807, 2.05) is 0 Å². The van der Waals surface area contributed by atoms with Gasteiger partial charge in [0.25, 0.3) is 0 Å². The topological polar surface area (TPSA) is 75.3 Å². The van der Waals surface area contributed by atoms with Gasteiger partial charge in [-0.1, -0.05) is 0 Å². The van der Waals surface area contributed by atoms with Gasteiger partial charge in [0.1, 0.15) is 6.23 Å². The van der Waals surface area contributed by atoms with Crippen LogP contribution in [0.2, 0.25) is 0 Å². The maximum absolute atomic E-state index is 10.6. The molecule has 0 aliphatic carbocycles. The van der Waals surface area contributed by atoms with Gasteiger partial charge in [-0.2, -0.15) is 0 Å². The molecule has 1 amide bonds. The van der Waals surface area contributed by atoms with Crippen molar-refractivity contribution in [2.45, 2.75) is 25.1 Å². The summed E-state index contributed by atoms with van der Waals surface area (Å²) in [4.78, 5) is 10.6. The zero-order valence-corrected chi connectivity index (χ0v) is 5.00. The normalized spacial score (nSPS) is 36.0. The Hall–Kier alpha value is -0.610. The number of nitrogens with two attached hydrogens (primary N) is 1. The van der Waals surface area contributed by atoms with Gasteiger partial charge in [0.15, 0.2) is 0 Å². The van der Waals surface area contributed by atoms with Crippen molar-refractivity contribution < 1.29 is 9.90 Å².